The molecule has 0 bridgehead atoms. The molecule has 274 valence electrons. The van der Waals surface area contributed by atoms with Gasteiger partial charge >= 0.3 is 0 Å². The summed E-state index contributed by atoms with van der Waals surface area (Å²) in [5, 5.41) is 0. The van der Waals surface area contributed by atoms with E-state index in [1.54, 1.807) is 18.2 Å². The number of allylic oxidation sites excluding steroid dienone is 5. The van der Waals surface area contributed by atoms with Gasteiger partial charge < -0.3 is 20.7 Å². The fourth-order valence-corrected chi connectivity index (χ4v) is 6.64. The first kappa shape index (κ1) is 42.4. The molecule has 1 aromatic rings. The Bertz CT molecular complexity index is 1400. The Morgan fingerprint density at radius 1 is 0.700 bits per heavy atom. The molecular formula is C43H65N5O2. The van der Waals surface area contributed by atoms with Crippen molar-refractivity contribution >= 4 is 17.3 Å². The minimum Gasteiger partial charge on any atom is -0.458 e. The van der Waals surface area contributed by atoms with E-state index < -0.39 is 0 Å². The van der Waals surface area contributed by atoms with Crippen molar-refractivity contribution in [3.63, 3.8) is 0 Å². The zero-order valence-electron chi connectivity index (χ0n) is 32.3. The van der Waals surface area contributed by atoms with E-state index in [0.717, 1.165) is 49.4 Å². The summed E-state index contributed by atoms with van der Waals surface area (Å²) in [4.78, 5) is 21.4. The van der Waals surface area contributed by atoms with E-state index in [1.165, 1.54) is 69.8 Å². The van der Waals surface area contributed by atoms with Crippen LogP contribution in [0.2, 0.25) is 0 Å². The molecule has 0 unspecified atom stereocenters. The van der Waals surface area contributed by atoms with Crippen LogP contribution in [0.5, 0.6) is 5.75 Å². The highest BCUT2D eigenvalue weighted by Gasteiger charge is 2.27. The third kappa shape index (κ3) is 16.7. The third-order valence-electron chi connectivity index (χ3n) is 9.14. The quantitative estimate of drug-likeness (QED) is 0.0823. The average molecular weight is 684 g/mol. The van der Waals surface area contributed by atoms with Gasteiger partial charge in [0.25, 0.3) is 17.3 Å². The maximum atomic E-state index is 12.9. The molecule has 0 radical (unpaired) electrons. The van der Waals surface area contributed by atoms with Gasteiger partial charge in [-0.3, -0.25) is 4.79 Å². The molecular weight excluding hydrogens is 619 g/mol. The Balaban J connectivity index is 0.000000351. The first-order chi connectivity index (χ1) is 23.9. The maximum absolute atomic E-state index is 12.9. The van der Waals surface area contributed by atoms with Crippen LogP contribution in [0.3, 0.4) is 0 Å². The second-order valence-corrected chi connectivity index (χ2v) is 15.6. The Morgan fingerprint density at radius 3 is 1.64 bits per heavy atom. The van der Waals surface area contributed by atoms with Gasteiger partial charge in [-0.05, 0) is 66.0 Å². The van der Waals surface area contributed by atoms with E-state index in [2.05, 4.69) is 70.2 Å². The van der Waals surface area contributed by atoms with Crippen LogP contribution in [-0.2, 0) is 10.2 Å². The predicted molar refractivity (Wildman–Crippen MR) is 208 cm³/mol. The lowest BCUT2D eigenvalue weighted by atomic mass is 9.72. The fourth-order valence-electron chi connectivity index (χ4n) is 6.64. The monoisotopic (exact) mass is 684 g/mol. The van der Waals surface area contributed by atoms with Crippen LogP contribution in [0.4, 0.5) is 0 Å². The molecule has 3 rings (SSSR count). The van der Waals surface area contributed by atoms with Crippen molar-refractivity contribution in [3.8, 4) is 5.75 Å². The van der Waals surface area contributed by atoms with Crippen LogP contribution in [0.15, 0.2) is 72.1 Å². The topological polar surface area (TPSA) is 102 Å². The molecule has 7 heteroatoms. The van der Waals surface area contributed by atoms with Crippen LogP contribution >= 0.6 is 0 Å². The van der Waals surface area contributed by atoms with Crippen molar-refractivity contribution in [1.29, 1.82) is 0 Å². The molecule has 2 aliphatic carbocycles. The van der Waals surface area contributed by atoms with Crippen molar-refractivity contribution in [2.75, 3.05) is 13.1 Å². The van der Waals surface area contributed by atoms with Crippen LogP contribution in [0.25, 0.3) is 11.1 Å². The van der Waals surface area contributed by atoms with Crippen LogP contribution in [-0.4, -0.2) is 44.9 Å². The summed E-state index contributed by atoms with van der Waals surface area (Å²) in [5.41, 5.74) is 21.3. The molecule has 0 atom stereocenters. The minimum absolute atomic E-state index is 0.130. The Morgan fingerprint density at radius 2 is 1.20 bits per heavy atom. The summed E-state index contributed by atoms with van der Waals surface area (Å²) < 4.78 is 5.85. The summed E-state index contributed by atoms with van der Waals surface area (Å²) in [7, 11) is 0. The van der Waals surface area contributed by atoms with Crippen LogP contribution in [0.1, 0.15) is 150 Å². The number of unbranched alkanes of at least 4 members (excludes halogenated alkanes) is 10. The lowest BCUT2D eigenvalue weighted by Gasteiger charge is -2.33. The molecule has 0 spiro atoms. The SMILES string of the molecule is CC(C)(C)CC(C)(C)c1ccc(OC2=CCC(=[N+]=[N-])C=C2)cc1.CCCCCCCCN(CCCCCCCC)C(=O)C1=CCC(=[N+]=[N-])C=C1. The van der Waals surface area contributed by atoms with E-state index in [-0.39, 0.29) is 11.3 Å². The molecule has 7 nitrogen and oxygen atoms in total. The summed E-state index contributed by atoms with van der Waals surface area (Å²) >= 11 is 0. The lowest BCUT2D eigenvalue weighted by molar-refractivity contribution is -0.127. The second kappa shape index (κ2) is 22.8. The minimum atomic E-state index is 0.130. The first-order valence-corrected chi connectivity index (χ1v) is 19.2. The van der Waals surface area contributed by atoms with Gasteiger partial charge in [0.15, 0.2) is 0 Å². The van der Waals surface area contributed by atoms with Gasteiger partial charge in [0.05, 0.1) is 12.8 Å². The maximum Gasteiger partial charge on any atom is 0.296 e. The standard InChI is InChI=1S/C23H39N3O.C20H26N2O/c1-3-5-7-9-11-13-19-26(20-14-12-10-8-6-4-2)23(27)21-15-17-22(25-24)18-16-21;1-19(2,3)14-20(4,5)15-6-10-17(11-7-15)23-18-12-8-16(22-21)9-13-18/h15-17H,3-14,18-20H2,1-2H3;6-8,10-13H,9,14H2,1-5H3. The second-order valence-electron chi connectivity index (χ2n) is 15.6. The molecule has 0 heterocycles. The lowest BCUT2D eigenvalue weighted by Crippen LogP contribution is -2.34. The van der Waals surface area contributed by atoms with E-state index in [4.69, 9.17) is 15.8 Å². The number of ether oxygens (including phenoxy) is 1. The normalized spacial score (nSPS) is 14.2. The van der Waals surface area contributed by atoms with Gasteiger partial charge in [-0.25, -0.2) is 0 Å². The Hall–Kier alpha value is -3.79. The van der Waals surface area contributed by atoms with Crippen LogP contribution in [0, 0.1) is 5.41 Å². The Kier molecular flexibility index (Phi) is 19.4. The highest BCUT2D eigenvalue weighted by atomic mass is 16.5. The summed E-state index contributed by atoms with van der Waals surface area (Å²) in [5.74, 6) is 1.73. The van der Waals surface area contributed by atoms with Gasteiger partial charge in [-0.15, -0.1) is 0 Å². The number of hydrogen-bond acceptors (Lipinski definition) is 2. The number of nitrogens with zero attached hydrogens (tertiary/aromatic N) is 5. The summed E-state index contributed by atoms with van der Waals surface area (Å²) in [6.07, 6.45) is 28.0. The molecule has 1 amide bonds. The summed E-state index contributed by atoms with van der Waals surface area (Å²) in [6.45, 7) is 17.6. The Labute approximate surface area is 303 Å². The number of carbonyl (C=O) groups is 1. The average Bonchev–Trinajstić information content (AvgIpc) is 3.10. The number of rotatable bonds is 19. The summed E-state index contributed by atoms with van der Waals surface area (Å²) in [6, 6.07) is 8.33. The van der Waals surface area contributed by atoms with Gasteiger partial charge in [0.2, 0.25) is 0 Å². The molecule has 0 N–H and O–H groups in total. The number of benzene rings is 1. The predicted octanol–water partition coefficient (Wildman–Crippen LogP) is 11.4. The number of hydrogen-bond donors (Lipinski definition) is 0. The van der Waals surface area contributed by atoms with Crippen molar-refractivity contribution in [1.82, 2.24) is 4.90 Å². The zero-order chi connectivity index (χ0) is 36.8. The number of amides is 1. The van der Waals surface area contributed by atoms with Crippen molar-refractivity contribution in [2.45, 2.75) is 150 Å². The molecule has 0 aromatic heterocycles. The van der Waals surface area contributed by atoms with Gasteiger partial charge in [0, 0.05) is 30.8 Å². The van der Waals surface area contributed by atoms with Gasteiger partial charge in [-0.2, -0.15) is 9.58 Å². The van der Waals surface area contributed by atoms with Gasteiger partial charge in [-0.1, -0.05) is 131 Å². The molecule has 0 saturated carbocycles. The highest BCUT2D eigenvalue weighted by Crippen LogP contribution is 2.36. The smallest absolute Gasteiger partial charge is 0.296 e. The molecule has 50 heavy (non-hydrogen) atoms. The van der Waals surface area contributed by atoms with Gasteiger partial charge in [0.1, 0.15) is 11.5 Å². The molecule has 0 fully saturated rings. The van der Waals surface area contributed by atoms with E-state index in [0.29, 0.717) is 29.7 Å². The zero-order valence-corrected chi connectivity index (χ0v) is 32.3. The largest absolute Gasteiger partial charge is 0.458 e. The molecule has 0 aliphatic heterocycles. The first-order valence-electron chi connectivity index (χ1n) is 19.2. The third-order valence-corrected chi connectivity index (χ3v) is 9.14. The van der Waals surface area contributed by atoms with E-state index >= 15 is 0 Å². The highest BCUT2D eigenvalue weighted by molar-refractivity contribution is 6.02. The molecule has 0 saturated heterocycles. The van der Waals surface area contributed by atoms with Crippen molar-refractivity contribution in [2.24, 2.45) is 5.41 Å². The van der Waals surface area contributed by atoms with E-state index in [1.807, 2.05) is 35.3 Å². The molecule has 2 aliphatic rings. The van der Waals surface area contributed by atoms with Crippen LogP contribution < -0.4 is 4.74 Å². The fraction of sp³-hybridized carbons (Fsp3) is 0.605. The number of carbonyl (C=O) groups excluding carboxylic acids is 1. The molecule has 1 aromatic carbocycles. The van der Waals surface area contributed by atoms with Crippen molar-refractivity contribution < 1.29 is 19.1 Å². The van der Waals surface area contributed by atoms with Crippen molar-refractivity contribution in [3.05, 3.63) is 88.7 Å². The van der Waals surface area contributed by atoms with E-state index in [9.17, 15) is 4.79 Å².